The molecule has 0 amide bonds. The number of hydrogen-bond donors (Lipinski definition) is 0. The predicted molar refractivity (Wildman–Crippen MR) is 594 cm³/mol. The molecule has 0 aliphatic carbocycles. The number of nitrogens with zero attached hydrogens (tertiary/aromatic N) is 7. The quantitative estimate of drug-likeness (QED) is 0.137. The van der Waals surface area contributed by atoms with E-state index in [4.69, 9.17) is 15.0 Å². The first-order valence-corrected chi connectivity index (χ1v) is 49.6. The molecule has 0 saturated carbocycles. The average molecular weight is 1820 g/mol. The lowest BCUT2D eigenvalue weighted by molar-refractivity contribution is 1.15. The Morgan fingerprint density at radius 2 is 0.417 bits per heavy atom. The molecule has 0 unspecified atom stereocenters. The van der Waals surface area contributed by atoms with Crippen LogP contribution in [0.2, 0.25) is 0 Å². The van der Waals surface area contributed by atoms with Crippen molar-refractivity contribution in [1.29, 1.82) is 0 Å². The van der Waals surface area contributed by atoms with Crippen molar-refractivity contribution in [2.45, 2.75) is 0 Å². The van der Waals surface area contributed by atoms with Gasteiger partial charge in [0.15, 0.2) is 0 Å². The van der Waals surface area contributed by atoms with Crippen LogP contribution < -0.4 is 0 Å². The Morgan fingerprint density at radius 1 is 0.151 bits per heavy atom. The molecule has 30 aromatic rings. The van der Waals surface area contributed by atoms with Crippen molar-refractivity contribution in [3.05, 3.63) is 479 Å². The van der Waals surface area contributed by atoms with E-state index < -0.39 is 0 Å². The number of fused-ring (bicyclic) bond motifs is 28. The molecule has 0 aliphatic heterocycles. The highest BCUT2D eigenvalue weighted by molar-refractivity contribution is 7.27. The summed E-state index contributed by atoms with van der Waals surface area (Å²) < 4.78 is 17.3. The van der Waals surface area contributed by atoms with Gasteiger partial charge in [-0.3, -0.25) is 0 Å². The van der Waals surface area contributed by atoms with Crippen LogP contribution in [0.5, 0.6) is 0 Å². The Morgan fingerprint density at radius 3 is 0.842 bits per heavy atom. The molecule has 0 bridgehead atoms. The van der Waals surface area contributed by atoms with Gasteiger partial charge in [0.25, 0.3) is 0 Å². The molecule has 0 saturated heterocycles. The first-order chi connectivity index (χ1) is 69.0. The van der Waals surface area contributed by atoms with E-state index in [0.29, 0.717) is 0 Å². The van der Waals surface area contributed by atoms with Crippen LogP contribution in [0.3, 0.4) is 0 Å². The maximum atomic E-state index is 5.44. The maximum absolute atomic E-state index is 5.44. The number of benzene rings is 20. The Hall–Kier alpha value is -17.5. The molecule has 648 valence electrons. The largest absolute Gasteiger partial charge is 0.309 e. The topological polar surface area (TPSA) is 58.4 Å². The second-order valence-corrected chi connectivity index (χ2v) is 39.0. The summed E-state index contributed by atoms with van der Waals surface area (Å²) in [7, 11) is 0. The highest BCUT2D eigenvalue weighted by atomic mass is 32.1. The van der Waals surface area contributed by atoms with Crippen molar-refractivity contribution in [1.82, 2.24) is 33.2 Å². The number of pyridine rings is 3. The van der Waals surface area contributed by atoms with Crippen LogP contribution in [0.15, 0.2) is 479 Å². The van der Waals surface area contributed by atoms with Crippen LogP contribution in [-0.2, 0) is 0 Å². The number of thiophene rings is 3. The number of aromatic nitrogens is 7. The van der Waals surface area contributed by atoms with E-state index in [9.17, 15) is 0 Å². The predicted octanol–water partition coefficient (Wildman–Crippen LogP) is 36.2. The molecular weight excluding hydrogens is 1740 g/mol. The maximum Gasteiger partial charge on any atom is 0.0902 e. The van der Waals surface area contributed by atoms with Crippen LogP contribution in [0.4, 0.5) is 0 Å². The van der Waals surface area contributed by atoms with Crippen LogP contribution in [0.1, 0.15) is 0 Å². The van der Waals surface area contributed by atoms with Gasteiger partial charge in [-0.15, -0.1) is 34.0 Å². The minimum absolute atomic E-state index is 1.01. The van der Waals surface area contributed by atoms with Crippen molar-refractivity contribution in [3.63, 3.8) is 0 Å². The van der Waals surface area contributed by atoms with Gasteiger partial charge in [0.1, 0.15) is 0 Å². The zero-order valence-corrected chi connectivity index (χ0v) is 77.4. The molecule has 0 fully saturated rings. The summed E-state index contributed by atoms with van der Waals surface area (Å²) in [6.07, 6.45) is 0. The van der Waals surface area contributed by atoms with E-state index in [1.165, 1.54) is 197 Å². The van der Waals surface area contributed by atoms with Crippen molar-refractivity contribution in [3.8, 4) is 89.9 Å². The average Bonchev–Trinajstić information content (AvgIpc) is 1.54. The lowest BCUT2D eigenvalue weighted by Crippen LogP contribution is -1.99. The SMILES string of the molecule is c1cc(-c2ccc(-c3nc4c5ccccc5sc4c4ccccc34)cc2)cc(-n2c3ccccc3c3ccccc32)c1.c1ccc(-n2c3ccccc3c3ccc4c5ccccc5n(-c5cccc(-c6nc7c8ccccc8sc7c7ccccc67)c5)c4c32)cc1.c1ccc(-n2c3ccccc3c3cccc(-c4cccc(-c5ccc(-c6nc7c8ccccc8sc7c7ccccc67)cc5)c4)c32)cc1. The molecule has 0 radical (unpaired) electrons. The molecule has 30 rings (SSSR count). The monoisotopic (exact) mass is 1820 g/mol. The van der Waals surface area contributed by atoms with Gasteiger partial charge in [0.05, 0.1) is 91.9 Å². The van der Waals surface area contributed by atoms with Gasteiger partial charge < -0.3 is 18.3 Å². The minimum Gasteiger partial charge on any atom is -0.309 e. The second kappa shape index (κ2) is 32.7. The molecular formula is C129H79N7S3. The molecule has 7 nitrogen and oxygen atoms in total. The van der Waals surface area contributed by atoms with Crippen molar-refractivity contribution >= 4 is 214 Å². The van der Waals surface area contributed by atoms with Gasteiger partial charge >= 0.3 is 0 Å². The zero-order chi connectivity index (χ0) is 91.3. The Balaban J connectivity index is 0.000000103. The van der Waals surface area contributed by atoms with Crippen LogP contribution in [0.25, 0.3) is 270 Å². The van der Waals surface area contributed by atoms with Gasteiger partial charge in [0, 0.05) is 151 Å². The van der Waals surface area contributed by atoms with Crippen LogP contribution >= 0.6 is 34.0 Å². The van der Waals surface area contributed by atoms with E-state index >= 15 is 0 Å². The molecule has 10 aromatic heterocycles. The lowest BCUT2D eigenvalue weighted by Gasteiger charge is -2.14. The van der Waals surface area contributed by atoms with Gasteiger partial charge in [0.2, 0.25) is 0 Å². The molecule has 0 N–H and O–H groups in total. The standard InChI is InChI=1S/C45H27N3S.C45H28N2S.C39H24N2S/c1-2-14-29(15-3-1)47-38-22-9-6-17-31(38)34-25-26-35-32-18-7-10-23-39(32)48(44(35)43(34)47)30-16-12-13-28(27-30)41-33-19-4-5-20-36(33)45-42(46-41)37-21-8-11-24-40(37)49-45;1-2-14-33(15-3-1)47-40-22-8-6-16-35(40)37-21-11-20-34(44(37)47)32-13-10-12-31(28-32)29-24-26-30(27-25-29)42-36-17-4-5-18-38(36)45-43(46-42)39-19-7-9-23-41(39)48-45;1-2-15-32-31(14-1)37(40-38-33-16-5-8-19-36(33)42-39(32)38)26-22-20-25(21-23-26)27-10-9-11-28(24-27)41-34-17-6-3-12-29(34)30-13-4-7-18-35(30)41/h1-27H;1-28H;1-24H. The number of para-hydroxylation sites is 8. The molecule has 0 aliphatic rings. The summed E-state index contributed by atoms with van der Waals surface area (Å²) in [4.78, 5) is 16.0. The molecule has 10 heterocycles. The third-order valence-corrected chi connectivity index (χ3v) is 31.7. The fourth-order valence-electron chi connectivity index (χ4n) is 21.9. The van der Waals surface area contributed by atoms with Crippen LogP contribution in [-0.4, -0.2) is 33.2 Å². The molecule has 10 heteroatoms. The lowest BCUT2D eigenvalue weighted by atomic mass is 9.96. The van der Waals surface area contributed by atoms with E-state index in [2.05, 4.69) is 498 Å². The minimum atomic E-state index is 1.01. The molecule has 0 spiro atoms. The third-order valence-electron chi connectivity index (χ3n) is 28.1. The van der Waals surface area contributed by atoms with Crippen molar-refractivity contribution in [2.24, 2.45) is 0 Å². The van der Waals surface area contributed by atoms with Crippen molar-refractivity contribution in [2.75, 3.05) is 0 Å². The molecule has 139 heavy (non-hydrogen) atoms. The summed E-state index contributed by atoms with van der Waals surface area (Å²) in [5.74, 6) is 0. The Bertz CT molecular complexity index is 10200. The van der Waals surface area contributed by atoms with E-state index in [0.717, 1.165) is 73.1 Å². The van der Waals surface area contributed by atoms with Gasteiger partial charge in [-0.2, -0.15) is 0 Å². The number of hydrogen-bond acceptors (Lipinski definition) is 6. The van der Waals surface area contributed by atoms with Gasteiger partial charge in [-0.05, 0) is 131 Å². The first-order valence-electron chi connectivity index (χ1n) is 47.2. The Labute approximate surface area is 810 Å². The first kappa shape index (κ1) is 80.0. The number of rotatable bonds is 10. The van der Waals surface area contributed by atoms with Gasteiger partial charge in [-0.25, -0.2) is 15.0 Å². The zero-order valence-electron chi connectivity index (χ0n) is 75.0. The molecule has 20 aromatic carbocycles. The van der Waals surface area contributed by atoms with E-state index in [1.54, 1.807) is 0 Å². The molecule has 0 atom stereocenters. The summed E-state index contributed by atoms with van der Waals surface area (Å²) in [6.45, 7) is 0. The third kappa shape index (κ3) is 13.0. The van der Waals surface area contributed by atoms with E-state index in [1.807, 2.05) is 34.0 Å². The van der Waals surface area contributed by atoms with Crippen LogP contribution in [0, 0.1) is 0 Å². The summed E-state index contributed by atoms with van der Waals surface area (Å²) in [6, 6.07) is 173. The Kier molecular flexibility index (Phi) is 18.8. The normalized spacial score (nSPS) is 11.9. The second-order valence-electron chi connectivity index (χ2n) is 35.8. The van der Waals surface area contributed by atoms with Crippen molar-refractivity contribution < 1.29 is 0 Å². The summed E-state index contributed by atoms with van der Waals surface area (Å²) >= 11 is 5.50. The summed E-state index contributed by atoms with van der Waals surface area (Å²) in [5.41, 5.74) is 31.1. The van der Waals surface area contributed by atoms with E-state index in [-0.39, 0.29) is 0 Å². The fraction of sp³-hybridized carbons (Fsp3) is 0. The summed E-state index contributed by atoms with van der Waals surface area (Å²) in [5, 5.41) is 21.0. The highest BCUT2D eigenvalue weighted by Gasteiger charge is 2.26. The fourth-order valence-corrected chi connectivity index (χ4v) is 25.4. The smallest absolute Gasteiger partial charge is 0.0902 e. The van der Waals surface area contributed by atoms with Gasteiger partial charge in [-0.1, -0.05) is 376 Å². The highest BCUT2D eigenvalue weighted by Crippen LogP contribution is 2.49.